The van der Waals surface area contributed by atoms with Gasteiger partial charge in [0.15, 0.2) is 5.76 Å². The van der Waals surface area contributed by atoms with Gasteiger partial charge in [-0.15, -0.1) is 0 Å². The molecule has 2 aliphatic heterocycles. The number of rotatable bonds is 8. The molecule has 1 aromatic heterocycles. The number of carbonyl (C=O) groups is 3. The Labute approximate surface area is 239 Å². The van der Waals surface area contributed by atoms with Crippen molar-refractivity contribution in [2.75, 3.05) is 13.1 Å². The highest BCUT2D eigenvalue weighted by Gasteiger charge is 2.38. The smallest absolute Gasteiger partial charge is 0.290 e. The Hall–Kier alpha value is -3.62. The van der Waals surface area contributed by atoms with E-state index < -0.39 is 12.1 Å². The van der Waals surface area contributed by atoms with Gasteiger partial charge >= 0.3 is 0 Å². The molecule has 2 aliphatic rings. The Kier molecular flexibility index (Phi) is 8.57. The Morgan fingerprint density at radius 3 is 2.52 bits per heavy atom. The first-order valence-electron chi connectivity index (χ1n) is 13.8. The van der Waals surface area contributed by atoms with E-state index >= 15 is 0 Å². The maximum Gasteiger partial charge on any atom is 0.290 e. The average molecular weight is 563 g/mol. The number of hydrogen-bond donors (Lipinski definition) is 2. The first kappa shape index (κ1) is 27.9. The first-order chi connectivity index (χ1) is 19.3. The largest absolute Gasteiger partial charge is 0.459 e. The van der Waals surface area contributed by atoms with Crippen molar-refractivity contribution in [1.29, 1.82) is 0 Å². The van der Waals surface area contributed by atoms with Crippen molar-refractivity contribution < 1.29 is 18.8 Å². The van der Waals surface area contributed by atoms with E-state index in [0.29, 0.717) is 43.9 Å². The maximum absolute atomic E-state index is 13.9. The third-order valence-corrected chi connectivity index (χ3v) is 8.01. The van der Waals surface area contributed by atoms with Crippen LogP contribution in [0.2, 0.25) is 5.02 Å². The van der Waals surface area contributed by atoms with Crippen molar-refractivity contribution >= 4 is 29.3 Å². The average Bonchev–Trinajstić information content (AvgIpc) is 3.66. The van der Waals surface area contributed by atoms with Gasteiger partial charge in [0.2, 0.25) is 11.8 Å². The molecule has 40 heavy (non-hydrogen) atoms. The second-order valence-electron chi connectivity index (χ2n) is 10.8. The highest BCUT2D eigenvalue weighted by atomic mass is 35.5. The molecule has 0 radical (unpaired) electrons. The van der Waals surface area contributed by atoms with E-state index in [0.717, 1.165) is 11.1 Å². The number of nitrogens with zero attached hydrogens (tertiary/aromatic N) is 2. The molecular weight excluding hydrogens is 528 g/mol. The molecule has 5 rings (SSSR count). The van der Waals surface area contributed by atoms with Crippen LogP contribution in [0.25, 0.3) is 0 Å². The molecule has 0 bridgehead atoms. The van der Waals surface area contributed by atoms with Crippen LogP contribution in [0.5, 0.6) is 0 Å². The molecule has 9 heteroatoms. The van der Waals surface area contributed by atoms with E-state index in [-0.39, 0.29) is 35.6 Å². The summed E-state index contributed by atoms with van der Waals surface area (Å²) in [6.07, 6.45) is 3.04. The van der Waals surface area contributed by atoms with Crippen molar-refractivity contribution in [3.63, 3.8) is 0 Å². The van der Waals surface area contributed by atoms with Gasteiger partial charge in [-0.1, -0.05) is 48.0 Å². The summed E-state index contributed by atoms with van der Waals surface area (Å²) in [7, 11) is 0. The lowest BCUT2D eigenvalue weighted by Crippen LogP contribution is -2.55. The van der Waals surface area contributed by atoms with Crippen LogP contribution in [-0.4, -0.2) is 64.8 Å². The van der Waals surface area contributed by atoms with Crippen LogP contribution >= 0.6 is 11.6 Å². The molecule has 0 aliphatic carbocycles. The van der Waals surface area contributed by atoms with Crippen LogP contribution in [0, 0.1) is 0 Å². The molecule has 1 fully saturated rings. The van der Waals surface area contributed by atoms with E-state index in [1.54, 1.807) is 34.1 Å². The van der Waals surface area contributed by atoms with Gasteiger partial charge in [-0.2, -0.15) is 0 Å². The third kappa shape index (κ3) is 6.24. The Balaban J connectivity index is 1.31. The van der Waals surface area contributed by atoms with Crippen molar-refractivity contribution in [3.8, 4) is 0 Å². The number of nitrogens with one attached hydrogen (secondary N) is 2. The van der Waals surface area contributed by atoms with Crippen LogP contribution < -0.4 is 10.6 Å². The minimum Gasteiger partial charge on any atom is -0.459 e. The van der Waals surface area contributed by atoms with E-state index in [1.165, 1.54) is 11.8 Å². The van der Waals surface area contributed by atoms with Crippen LogP contribution in [0.4, 0.5) is 0 Å². The molecule has 2 N–H and O–H groups in total. The second-order valence-corrected chi connectivity index (χ2v) is 11.2. The molecule has 3 unspecified atom stereocenters. The van der Waals surface area contributed by atoms with Crippen LogP contribution in [-0.2, 0) is 29.0 Å². The van der Waals surface area contributed by atoms with E-state index in [1.807, 2.05) is 44.2 Å². The summed E-state index contributed by atoms with van der Waals surface area (Å²) in [5, 5.41) is 6.97. The molecule has 0 spiro atoms. The lowest BCUT2D eigenvalue weighted by molar-refractivity contribution is -0.136. The Morgan fingerprint density at radius 1 is 1.07 bits per heavy atom. The number of halogens is 1. The minimum absolute atomic E-state index is 0.0672. The van der Waals surface area contributed by atoms with Crippen molar-refractivity contribution in [1.82, 2.24) is 20.4 Å². The fourth-order valence-electron chi connectivity index (χ4n) is 5.71. The minimum atomic E-state index is -0.750. The van der Waals surface area contributed by atoms with Crippen molar-refractivity contribution in [2.45, 2.75) is 63.8 Å². The van der Waals surface area contributed by atoms with Gasteiger partial charge in [0.25, 0.3) is 5.91 Å². The van der Waals surface area contributed by atoms with E-state index in [4.69, 9.17) is 16.0 Å². The molecule has 2 aromatic carbocycles. The zero-order chi connectivity index (χ0) is 28.2. The summed E-state index contributed by atoms with van der Waals surface area (Å²) < 4.78 is 5.36. The van der Waals surface area contributed by atoms with E-state index in [2.05, 4.69) is 16.7 Å². The molecule has 3 heterocycles. The number of furan rings is 1. The number of benzene rings is 2. The summed E-state index contributed by atoms with van der Waals surface area (Å²) in [4.78, 5) is 44.1. The Bertz CT molecular complexity index is 1340. The lowest BCUT2D eigenvalue weighted by Gasteiger charge is -2.33. The molecule has 3 aromatic rings. The van der Waals surface area contributed by atoms with Crippen LogP contribution in [0.3, 0.4) is 0 Å². The number of carbonyl (C=O) groups excluding carboxylic acids is 3. The normalized spacial score (nSPS) is 19.2. The molecular formula is C31H35ClN4O4. The number of amides is 3. The fraction of sp³-hybridized carbons (Fsp3) is 0.387. The highest BCUT2D eigenvalue weighted by molar-refractivity contribution is 6.30. The maximum atomic E-state index is 13.9. The van der Waals surface area contributed by atoms with Crippen LogP contribution in [0.1, 0.15) is 47.5 Å². The predicted molar refractivity (Wildman–Crippen MR) is 153 cm³/mol. The molecule has 1 saturated heterocycles. The zero-order valence-corrected chi connectivity index (χ0v) is 23.6. The first-order valence-corrected chi connectivity index (χ1v) is 14.2. The monoisotopic (exact) mass is 562 g/mol. The van der Waals surface area contributed by atoms with Gasteiger partial charge in [0.1, 0.15) is 6.04 Å². The summed E-state index contributed by atoms with van der Waals surface area (Å²) >= 11 is 6.08. The van der Waals surface area contributed by atoms with Gasteiger partial charge in [-0.25, -0.2) is 0 Å². The molecule has 0 saturated carbocycles. The second kappa shape index (κ2) is 12.3. The van der Waals surface area contributed by atoms with Crippen molar-refractivity contribution in [2.24, 2.45) is 0 Å². The summed E-state index contributed by atoms with van der Waals surface area (Å²) in [5.74, 6) is -0.257. The highest BCUT2D eigenvalue weighted by Crippen LogP contribution is 2.23. The summed E-state index contributed by atoms with van der Waals surface area (Å²) in [6.45, 7) is 5.42. The third-order valence-electron chi connectivity index (χ3n) is 7.76. The van der Waals surface area contributed by atoms with Gasteiger partial charge in [-0.05, 0) is 67.6 Å². The van der Waals surface area contributed by atoms with Gasteiger partial charge in [0.05, 0.1) is 18.3 Å². The molecule has 8 nitrogen and oxygen atoms in total. The topological polar surface area (TPSA) is 94.9 Å². The van der Waals surface area contributed by atoms with Gasteiger partial charge < -0.3 is 24.9 Å². The van der Waals surface area contributed by atoms with E-state index in [9.17, 15) is 14.4 Å². The fourth-order valence-corrected chi connectivity index (χ4v) is 5.83. The lowest BCUT2D eigenvalue weighted by atomic mass is 9.95. The Morgan fingerprint density at radius 2 is 1.82 bits per heavy atom. The number of hydrogen-bond acceptors (Lipinski definition) is 5. The van der Waals surface area contributed by atoms with Crippen molar-refractivity contribution in [3.05, 3.63) is 94.4 Å². The molecule has 210 valence electrons. The number of likely N-dealkylation sites (tertiary alicyclic amines) is 1. The zero-order valence-electron chi connectivity index (χ0n) is 22.8. The molecule has 3 atom stereocenters. The van der Waals surface area contributed by atoms with Crippen LogP contribution in [0.15, 0.2) is 71.3 Å². The predicted octanol–water partition coefficient (Wildman–Crippen LogP) is 3.83. The molecule has 3 amide bonds. The van der Waals surface area contributed by atoms with Gasteiger partial charge in [-0.3, -0.25) is 14.4 Å². The van der Waals surface area contributed by atoms with Gasteiger partial charge in [0, 0.05) is 37.1 Å². The summed E-state index contributed by atoms with van der Waals surface area (Å²) in [5.41, 5.74) is 3.22. The summed E-state index contributed by atoms with van der Waals surface area (Å²) in [6, 6.07) is 17.4. The quantitative estimate of drug-likeness (QED) is 0.435. The standard InChI is InChI=1S/C31H35ClN4O4/c1-20(2)36(31(39)28-8-5-15-40-28)25-13-14-35(19-25)30(38)27(16-21-9-11-24(32)12-10-21)34-29(37)26-17-22-6-3-4-7-23(22)18-33-26/h3-12,15,20,25-27,33H,13-14,16-19H2,1-2H3,(H,34,37). The number of fused-ring (bicyclic) bond motifs is 1. The SMILES string of the molecule is CC(C)N(C(=O)c1ccco1)C1CCN(C(=O)C(Cc2ccc(Cl)cc2)NC(=O)C2Cc3ccccc3CN2)C1.